The van der Waals surface area contributed by atoms with Crippen molar-refractivity contribution in [3.05, 3.63) is 88.0 Å². The van der Waals surface area contributed by atoms with Gasteiger partial charge >= 0.3 is 0 Å². The third-order valence-corrected chi connectivity index (χ3v) is 3.82. The van der Waals surface area contributed by atoms with Gasteiger partial charge < -0.3 is 4.74 Å². The molecule has 126 valence electrons. The predicted octanol–water partition coefficient (Wildman–Crippen LogP) is 5.41. The van der Waals surface area contributed by atoms with Crippen molar-refractivity contribution in [3.8, 4) is 5.75 Å². The SMILES string of the molecule is Clc1cnc(N/N=C\c2ccc(OCc3ccccc3)cc2)c(Cl)c1. The Kier molecular flexibility index (Phi) is 5.88. The van der Waals surface area contributed by atoms with Crippen LogP contribution in [0.5, 0.6) is 5.75 Å². The van der Waals surface area contributed by atoms with Crippen molar-refractivity contribution in [1.82, 2.24) is 4.98 Å². The standard InChI is InChI=1S/C19H15Cl2N3O/c20-16-10-18(21)19(22-12-16)24-23-11-14-6-8-17(9-7-14)25-13-15-4-2-1-3-5-15/h1-12H,13H2,(H,22,24)/b23-11-. The second-order valence-electron chi connectivity index (χ2n) is 5.20. The summed E-state index contributed by atoms with van der Waals surface area (Å²) < 4.78 is 5.75. The lowest BCUT2D eigenvalue weighted by atomic mass is 10.2. The maximum Gasteiger partial charge on any atom is 0.165 e. The number of aromatic nitrogens is 1. The Morgan fingerprint density at radius 2 is 1.80 bits per heavy atom. The molecule has 0 aliphatic heterocycles. The second-order valence-corrected chi connectivity index (χ2v) is 6.04. The molecule has 0 fully saturated rings. The molecule has 0 saturated carbocycles. The number of benzene rings is 2. The smallest absolute Gasteiger partial charge is 0.165 e. The van der Waals surface area contributed by atoms with Crippen molar-refractivity contribution in [2.75, 3.05) is 5.43 Å². The Morgan fingerprint density at radius 1 is 1.04 bits per heavy atom. The number of halogens is 2. The third kappa shape index (κ3) is 5.21. The highest BCUT2D eigenvalue weighted by molar-refractivity contribution is 6.35. The number of hydrazone groups is 1. The fraction of sp³-hybridized carbons (Fsp3) is 0.0526. The van der Waals surface area contributed by atoms with Gasteiger partial charge in [-0.1, -0.05) is 53.5 Å². The summed E-state index contributed by atoms with van der Waals surface area (Å²) in [7, 11) is 0. The maximum absolute atomic E-state index is 6.02. The van der Waals surface area contributed by atoms with Gasteiger partial charge in [0.2, 0.25) is 0 Å². The van der Waals surface area contributed by atoms with Gasteiger partial charge in [0.25, 0.3) is 0 Å². The van der Waals surface area contributed by atoms with Crippen LogP contribution in [0, 0.1) is 0 Å². The van der Waals surface area contributed by atoms with Gasteiger partial charge in [0, 0.05) is 6.20 Å². The van der Waals surface area contributed by atoms with Crippen molar-refractivity contribution < 1.29 is 4.74 Å². The lowest BCUT2D eigenvalue weighted by Gasteiger charge is -2.06. The van der Waals surface area contributed by atoms with Gasteiger partial charge in [0.1, 0.15) is 12.4 Å². The van der Waals surface area contributed by atoms with Crippen molar-refractivity contribution in [2.45, 2.75) is 6.61 Å². The van der Waals surface area contributed by atoms with Crippen LogP contribution >= 0.6 is 23.2 Å². The lowest BCUT2D eigenvalue weighted by Crippen LogP contribution is -1.96. The van der Waals surface area contributed by atoms with Crippen LogP contribution in [0.1, 0.15) is 11.1 Å². The van der Waals surface area contributed by atoms with E-state index >= 15 is 0 Å². The molecule has 6 heteroatoms. The molecule has 0 aliphatic rings. The summed E-state index contributed by atoms with van der Waals surface area (Å²) in [5.74, 6) is 1.25. The van der Waals surface area contributed by atoms with Crippen LogP contribution in [-0.4, -0.2) is 11.2 Å². The Bertz CT molecular complexity index is 852. The molecule has 1 aromatic heterocycles. The monoisotopic (exact) mass is 371 g/mol. The van der Waals surface area contributed by atoms with E-state index in [0.29, 0.717) is 22.5 Å². The third-order valence-electron chi connectivity index (χ3n) is 3.32. The van der Waals surface area contributed by atoms with E-state index in [1.807, 2.05) is 54.6 Å². The summed E-state index contributed by atoms with van der Waals surface area (Å²) in [6.07, 6.45) is 3.18. The molecule has 0 spiro atoms. The van der Waals surface area contributed by atoms with Crippen molar-refractivity contribution in [1.29, 1.82) is 0 Å². The van der Waals surface area contributed by atoms with Crippen LogP contribution in [0.3, 0.4) is 0 Å². The molecule has 0 saturated heterocycles. The zero-order valence-corrected chi connectivity index (χ0v) is 14.7. The number of anilines is 1. The van der Waals surface area contributed by atoms with Gasteiger partial charge in [0.05, 0.1) is 16.3 Å². The topological polar surface area (TPSA) is 46.5 Å². The van der Waals surface area contributed by atoms with Crippen LogP contribution in [0.15, 0.2) is 72.0 Å². The quantitative estimate of drug-likeness (QED) is 0.465. The zero-order valence-electron chi connectivity index (χ0n) is 13.2. The number of hydrogen-bond acceptors (Lipinski definition) is 4. The molecule has 1 heterocycles. The number of ether oxygens (including phenoxy) is 1. The first-order valence-corrected chi connectivity index (χ1v) is 8.33. The molecular formula is C19H15Cl2N3O. The highest BCUT2D eigenvalue weighted by Crippen LogP contribution is 2.22. The van der Waals surface area contributed by atoms with E-state index in [9.17, 15) is 0 Å². The number of nitrogens with one attached hydrogen (secondary N) is 1. The summed E-state index contributed by atoms with van der Waals surface area (Å²) in [4.78, 5) is 4.07. The molecule has 4 nitrogen and oxygen atoms in total. The molecular weight excluding hydrogens is 357 g/mol. The molecule has 1 N–H and O–H groups in total. The molecule has 0 radical (unpaired) electrons. The van der Waals surface area contributed by atoms with Crippen LogP contribution in [0.25, 0.3) is 0 Å². The molecule has 0 atom stereocenters. The largest absolute Gasteiger partial charge is 0.489 e. The molecule has 0 amide bonds. The zero-order chi connectivity index (χ0) is 17.5. The average molecular weight is 372 g/mol. The van der Waals surface area contributed by atoms with Crippen LogP contribution < -0.4 is 10.2 Å². The highest BCUT2D eigenvalue weighted by atomic mass is 35.5. The number of pyridine rings is 1. The summed E-state index contributed by atoms with van der Waals surface area (Å²) >= 11 is 11.8. The van der Waals surface area contributed by atoms with Gasteiger partial charge in [-0.3, -0.25) is 5.43 Å². The van der Waals surface area contributed by atoms with Gasteiger partial charge in [-0.15, -0.1) is 0 Å². The summed E-state index contributed by atoms with van der Waals surface area (Å²) in [6, 6.07) is 19.3. The molecule has 0 bridgehead atoms. The van der Waals surface area contributed by atoms with E-state index < -0.39 is 0 Å². The summed E-state index contributed by atoms with van der Waals surface area (Å²) in [5.41, 5.74) is 4.84. The van der Waals surface area contributed by atoms with Gasteiger partial charge in [-0.05, 0) is 41.5 Å². The first kappa shape index (κ1) is 17.3. The van der Waals surface area contributed by atoms with Gasteiger partial charge in [-0.2, -0.15) is 5.10 Å². The van der Waals surface area contributed by atoms with Crippen LogP contribution in [0.4, 0.5) is 5.82 Å². The van der Waals surface area contributed by atoms with E-state index in [2.05, 4.69) is 15.5 Å². The summed E-state index contributed by atoms with van der Waals surface area (Å²) in [5, 5.41) is 5.01. The number of hydrogen-bond donors (Lipinski definition) is 1. The van der Waals surface area contributed by atoms with E-state index in [4.69, 9.17) is 27.9 Å². The minimum atomic E-state index is 0.411. The van der Waals surface area contributed by atoms with E-state index in [1.54, 1.807) is 12.3 Å². The van der Waals surface area contributed by atoms with Crippen molar-refractivity contribution in [2.24, 2.45) is 5.10 Å². The van der Waals surface area contributed by atoms with Crippen LogP contribution in [0.2, 0.25) is 10.0 Å². The van der Waals surface area contributed by atoms with Gasteiger partial charge in [0.15, 0.2) is 5.82 Å². The minimum absolute atomic E-state index is 0.411. The average Bonchev–Trinajstić information content (AvgIpc) is 2.64. The normalized spacial score (nSPS) is 10.8. The first-order chi connectivity index (χ1) is 12.2. The number of rotatable bonds is 6. The van der Waals surface area contributed by atoms with Crippen molar-refractivity contribution in [3.63, 3.8) is 0 Å². The van der Waals surface area contributed by atoms with Crippen molar-refractivity contribution >= 4 is 35.2 Å². The minimum Gasteiger partial charge on any atom is -0.489 e. The van der Waals surface area contributed by atoms with E-state index in [1.165, 1.54) is 6.20 Å². The highest BCUT2D eigenvalue weighted by Gasteiger charge is 2.01. The van der Waals surface area contributed by atoms with E-state index in [-0.39, 0.29) is 0 Å². The number of nitrogens with zero attached hydrogens (tertiary/aromatic N) is 2. The first-order valence-electron chi connectivity index (χ1n) is 7.57. The molecule has 0 aliphatic carbocycles. The van der Waals surface area contributed by atoms with E-state index in [0.717, 1.165) is 16.9 Å². The summed E-state index contributed by atoms with van der Waals surface area (Å²) in [6.45, 7) is 0.538. The molecule has 2 aromatic carbocycles. The molecule has 0 unspecified atom stereocenters. The molecule has 3 rings (SSSR count). The fourth-order valence-electron chi connectivity index (χ4n) is 2.06. The Labute approximate surface area is 156 Å². The second kappa shape index (κ2) is 8.51. The van der Waals surface area contributed by atoms with Crippen LogP contribution in [-0.2, 0) is 6.61 Å². The Hall–Kier alpha value is -2.56. The fourth-order valence-corrected chi connectivity index (χ4v) is 2.48. The lowest BCUT2D eigenvalue weighted by molar-refractivity contribution is 0.306. The predicted molar refractivity (Wildman–Crippen MR) is 103 cm³/mol. The Morgan fingerprint density at radius 3 is 2.52 bits per heavy atom. The maximum atomic E-state index is 6.02. The van der Waals surface area contributed by atoms with Gasteiger partial charge in [-0.25, -0.2) is 4.98 Å². The Balaban J connectivity index is 1.55. The molecule has 3 aromatic rings. The molecule has 25 heavy (non-hydrogen) atoms.